The van der Waals surface area contributed by atoms with Crippen molar-refractivity contribution in [1.29, 1.82) is 0 Å². The Balaban J connectivity index is 2.11. The molecule has 2 rings (SSSR count). The smallest absolute Gasteiger partial charge is 0.0979 e. The van der Waals surface area contributed by atoms with Crippen LogP contribution in [0.2, 0.25) is 0 Å². The fourth-order valence-corrected chi connectivity index (χ4v) is 2.26. The molecule has 4 atom stereocenters. The molecule has 0 radical (unpaired) electrons. The summed E-state index contributed by atoms with van der Waals surface area (Å²) < 4.78 is 0. The Bertz CT molecular complexity index is 176. The van der Waals surface area contributed by atoms with Crippen LogP contribution in [-0.4, -0.2) is 57.7 Å². The van der Waals surface area contributed by atoms with Gasteiger partial charge in [0.15, 0.2) is 0 Å². The molecular weight excluding hydrogens is 158 g/mol. The van der Waals surface area contributed by atoms with Crippen LogP contribution in [0.5, 0.6) is 0 Å². The minimum absolute atomic E-state index is 0.228. The van der Waals surface area contributed by atoms with Gasteiger partial charge in [-0.15, -0.1) is 0 Å². The number of aliphatic hydroxyl groups excluding tert-OH is 3. The zero-order valence-corrected chi connectivity index (χ0v) is 6.93. The van der Waals surface area contributed by atoms with Gasteiger partial charge in [-0.1, -0.05) is 0 Å². The van der Waals surface area contributed by atoms with Gasteiger partial charge in [-0.25, -0.2) is 0 Å². The molecule has 3 N–H and O–H groups in total. The van der Waals surface area contributed by atoms with E-state index in [1.165, 1.54) is 0 Å². The van der Waals surface area contributed by atoms with Gasteiger partial charge in [-0.3, -0.25) is 4.90 Å². The SMILES string of the molecule is OC1C2[C@@H](O)CCN2CC[C@H]1O. The second-order valence-corrected chi connectivity index (χ2v) is 3.73. The van der Waals surface area contributed by atoms with Crippen LogP contribution in [0, 0.1) is 0 Å². The van der Waals surface area contributed by atoms with Crippen molar-refractivity contribution in [2.75, 3.05) is 13.1 Å². The van der Waals surface area contributed by atoms with Crippen LogP contribution in [0.1, 0.15) is 12.8 Å². The molecule has 70 valence electrons. The van der Waals surface area contributed by atoms with Crippen molar-refractivity contribution < 1.29 is 15.3 Å². The van der Waals surface area contributed by atoms with E-state index in [0.717, 1.165) is 13.1 Å². The van der Waals surface area contributed by atoms with Gasteiger partial charge in [0.25, 0.3) is 0 Å². The normalized spacial score (nSPS) is 49.2. The van der Waals surface area contributed by atoms with E-state index in [1.807, 2.05) is 0 Å². The highest BCUT2D eigenvalue weighted by atomic mass is 16.3. The fraction of sp³-hybridized carbons (Fsp3) is 1.00. The highest BCUT2D eigenvalue weighted by Crippen LogP contribution is 2.27. The Kier molecular flexibility index (Phi) is 2.08. The lowest BCUT2D eigenvalue weighted by atomic mass is 9.95. The van der Waals surface area contributed by atoms with Crippen molar-refractivity contribution in [2.24, 2.45) is 0 Å². The van der Waals surface area contributed by atoms with Gasteiger partial charge in [0, 0.05) is 13.1 Å². The molecule has 0 aromatic carbocycles. The molecule has 0 aromatic heterocycles. The number of rotatable bonds is 0. The Morgan fingerprint density at radius 3 is 2.17 bits per heavy atom. The van der Waals surface area contributed by atoms with Crippen molar-refractivity contribution >= 4 is 0 Å². The van der Waals surface area contributed by atoms with Crippen LogP contribution < -0.4 is 0 Å². The summed E-state index contributed by atoms with van der Waals surface area (Å²) in [5.74, 6) is 0. The summed E-state index contributed by atoms with van der Waals surface area (Å²) in [6.07, 6.45) is -0.552. The van der Waals surface area contributed by atoms with Gasteiger partial charge in [0.2, 0.25) is 0 Å². The molecule has 0 aliphatic carbocycles. The topological polar surface area (TPSA) is 63.9 Å². The molecule has 2 fully saturated rings. The molecule has 4 heteroatoms. The molecule has 2 saturated heterocycles. The summed E-state index contributed by atoms with van der Waals surface area (Å²) in [5.41, 5.74) is 0. The highest BCUT2D eigenvalue weighted by Gasteiger charge is 2.43. The summed E-state index contributed by atoms with van der Waals surface area (Å²) in [4.78, 5) is 2.06. The molecular formula is C8H15NO3. The Morgan fingerprint density at radius 1 is 0.917 bits per heavy atom. The monoisotopic (exact) mass is 173 g/mol. The van der Waals surface area contributed by atoms with Gasteiger partial charge >= 0.3 is 0 Å². The first-order valence-electron chi connectivity index (χ1n) is 4.48. The Hall–Kier alpha value is -0.160. The maximum atomic E-state index is 9.57. The fourth-order valence-electron chi connectivity index (χ4n) is 2.26. The third-order valence-electron chi connectivity index (χ3n) is 2.98. The van der Waals surface area contributed by atoms with Crippen LogP contribution in [-0.2, 0) is 0 Å². The van der Waals surface area contributed by atoms with Gasteiger partial charge in [0.05, 0.1) is 24.4 Å². The van der Waals surface area contributed by atoms with E-state index >= 15 is 0 Å². The third-order valence-corrected chi connectivity index (χ3v) is 2.98. The van der Waals surface area contributed by atoms with Crippen LogP contribution in [0.4, 0.5) is 0 Å². The summed E-state index contributed by atoms with van der Waals surface area (Å²) in [5, 5.41) is 28.4. The molecule has 0 saturated carbocycles. The minimum Gasteiger partial charge on any atom is -0.391 e. The van der Waals surface area contributed by atoms with Gasteiger partial charge in [0.1, 0.15) is 0 Å². The molecule has 0 bridgehead atoms. The van der Waals surface area contributed by atoms with Crippen molar-refractivity contribution in [1.82, 2.24) is 4.90 Å². The zero-order valence-electron chi connectivity index (χ0n) is 6.93. The number of aliphatic hydroxyl groups is 3. The van der Waals surface area contributed by atoms with Crippen molar-refractivity contribution in [3.63, 3.8) is 0 Å². The van der Waals surface area contributed by atoms with Gasteiger partial charge in [-0.2, -0.15) is 0 Å². The average Bonchev–Trinajstić information content (AvgIpc) is 2.41. The van der Waals surface area contributed by atoms with Gasteiger partial charge in [-0.05, 0) is 12.8 Å². The number of hydrogen-bond acceptors (Lipinski definition) is 4. The van der Waals surface area contributed by atoms with E-state index < -0.39 is 18.3 Å². The van der Waals surface area contributed by atoms with E-state index in [4.69, 9.17) is 0 Å². The number of piperidine rings is 1. The molecule has 2 unspecified atom stereocenters. The van der Waals surface area contributed by atoms with Crippen molar-refractivity contribution in [3.8, 4) is 0 Å². The predicted octanol–water partition coefficient (Wildman–Crippen LogP) is -1.45. The number of fused-ring (bicyclic) bond motifs is 1. The largest absolute Gasteiger partial charge is 0.391 e. The Morgan fingerprint density at radius 2 is 1.50 bits per heavy atom. The minimum atomic E-state index is -0.767. The average molecular weight is 173 g/mol. The quantitative estimate of drug-likeness (QED) is 0.419. The molecule has 12 heavy (non-hydrogen) atoms. The first kappa shape index (κ1) is 8.44. The third kappa shape index (κ3) is 1.15. The second kappa shape index (κ2) is 2.96. The Labute approximate surface area is 71.4 Å². The summed E-state index contributed by atoms with van der Waals surface area (Å²) >= 11 is 0. The van der Waals surface area contributed by atoms with Crippen LogP contribution in [0.25, 0.3) is 0 Å². The van der Waals surface area contributed by atoms with Crippen LogP contribution >= 0.6 is 0 Å². The molecule has 0 amide bonds. The summed E-state index contributed by atoms with van der Waals surface area (Å²) in [6.45, 7) is 1.63. The maximum Gasteiger partial charge on any atom is 0.0979 e. The lowest BCUT2D eigenvalue weighted by Gasteiger charge is -2.37. The van der Waals surface area contributed by atoms with E-state index in [2.05, 4.69) is 4.90 Å². The van der Waals surface area contributed by atoms with Gasteiger partial charge < -0.3 is 15.3 Å². The van der Waals surface area contributed by atoms with E-state index in [0.29, 0.717) is 12.8 Å². The highest BCUT2D eigenvalue weighted by molar-refractivity contribution is 4.98. The summed E-state index contributed by atoms with van der Waals surface area (Å²) in [6, 6.07) is -0.228. The molecule has 2 heterocycles. The lowest BCUT2D eigenvalue weighted by molar-refractivity contribution is -0.0861. The van der Waals surface area contributed by atoms with Crippen LogP contribution in [0.15, 0.2) is 0 Å². The van der Waals surface area contributed by atoms with Crippen molar-refractivity contribution in [3.05, 3.63) is 0 Å². The van der Waals surface area contributed by atoms with Crippen LogP contribution in [0.3, 0.4) is 0 Å². The molecule has 4 nitrogen and oxygen atoms in total. The predicted molar refractivity (Wildman–Crippen MR) is 42.6 cm³/mol. The summed E-state index contributed by atoms with van der Waals surface area (Å²) in [7, 11) is 0. The molecule has 2 aliphatic rings. The first-order chi connectivity index (χ1) is 5.70. The van der Waals surface area contributed by atoms with E-state index in [-0.39, 0.29) is 6.04 Å². The molecule has 2 aliphatic heterocycles. The number of nitrogens with zero attached hydrogens (tertiary/aromatic N) is 1. The van der Waals surface area contributed by atoms with Crippen molar-refractivity contribution in [2.45, 2.75) is 37.2 Å². The lowest BCUT2D eigenvalue weighted by Crippen LogP contribution is -2.55. The second-order valence-electron chi connectivity index (χ2n) is 3.73. The standard InChI is InChI=1S/C8H15NO3/c10-5-1-3-9-4-2-6(11)8(12)7(5)9/h5-8,10-12H,1-4H2/t5-,6+,7?,8?/m0/s1. The first-order valence-corrected chi connectivity index (χ1v) is 4.48. The maximum absolute atomic E-state index is 9.57. The van der Waals surface area contributed by atoms with E-state index in [1.54, 1.807) is 0 Å². The number of hydrogen-bond donors (Lipinski definition) is 3. The molecule has 0 aromatic rings. The van der Waals surface area contributed by atoms with E-state index in [9.17, 15) is 15.3 Å². The molecule has 0 spiro atoms. The zero-order chi connectivity index (χ0) is 8.72.